The Morgan fingerprint density at radius 2 is 1.48 bits per heavy atom. The molecular formula is C18H37N3O2. The molecule has 2 aliphatic rings. The Balaban J connectivity index is 1.89. The van der Waals surface area contributed by atoms with Crippen LogP contribution in [0.2, 0.25) is 0 Å². The van der Waals surface area contributed by atoms with Crippen molar-refractivity contribution in [2.75, 3.05) is 32.7 Å². The van der Waals surface area contributed by atoms with Gasteiger partial charge in [0.15, 0.2) is 0 Å². The van der Waals surface area contributed by atoms with Crippen molar-refractivity contribution in [1.82, 2.24) is 9.80 Å². The Labute approximate surface area is 142 Å². The first-order valence-corrected chi connectivity index (χ1v) is 9.41. The highest BCUT2D eigenvalue weighted by Gasteiger charge is 2.36. The maximum Gasteiger partial charge on any atom is 0.0704 e. The summed E-state index contributed by atoms with van der Waals surface area (Å²) in [6, 6.07) is 0. The zero-order valence-corrected chi connectivity index (χ0v) is 15.8. The number of rotatable bonds is 6. The predicted octanol–water partition coefficient (Wildman–Crippen LogP) is 2.05. The molecule has 2 rings (SSSR count). The molecule has 2 fully saturated rings. The van der Waals surface area contributed by atoms with Crippen molar-refractivity contribution in [1.29, 1.82) is 0 Å². The van der Waals surface area contributed by atoms with E-state index in [1.165, 1.54) is 0 Å². The van der Waals surface area contributed by atoms with Crippen molar-refractivity contribution in [3.63, 3.8) is 0 Å². The van der Waals surface area contributed by atoms with Crippen molar-refractivity contribution in [3.8, 4) is 0 Å². The molecule has 2 saturated heterocycles. The van der Waals surface area contributed by atoms with Crippen LogP contribution in [0, 0.1) is 0 Å². The van der Waals surface area contributed by atoms with E-state index in [0.717, 1.165) is 52.0 Å². The number of hydrogen-bond donors (Lipinski definition) is 1. The molecule has 2 N–H and O–H groups in total. The molecule has 2 aliphatic heterocycles. The summed E-state index contributed by atoms with van der Waals surface area (Å²) in [5.74, 6) is 0. The van der Waals surface area contributed by atoms with E-state index in [2.05, 4.69) is 44.4 Å². The number of nitrogens with two attached hydrogens (primary N) is 1. The van der Waals surface area contributed by atoms with Gasteiger partial charge >= 0.3 is 0 Å². The predicted molar refractivity (Wildman–Crippen MR) is 94.5 cm³/mol. The van der Waals surface area contributed by atoms with Gasteiger partial charge in [-0.1, -0.05) is 13.8 Å². The third-order valence-corrected chi connectivity index (χ3v) is 5.30. The van der Waals surface area contributed by atoms with Gasteiger partial charge in [-0.25, -0.2) is 0 Å². The second kappa shape index (κ2) is 8.26. The van der Waals surface area contributed by atoms with Gasteiger partial charge in [0.25, 0.3) is 0 Å². The second-order valence-electron chi connectivity index (χ2n) is 7.73. The largest absolute Gasteiger partial charge is 0.373 e. The zero-order valence-electron chi connectivity index (χ0n) is 15.8. The summed E-state index contributed by atoms with van der Waals surface area (Å²) in [4.78, 5) is 4.95. The first-order valence-electron chi connectivity index (χ1n) is 9.41. The molecule has 0 bridgehead atoms. The Morgan fingerprint density at radius 3 is 1.96 bits per heavy atom. The van der Waals surface area contributed by atoms with E-state index >= 15 is 0 Å². The molecule has 136 valence electrons. The van der Waals surface area contributed by atoms with Crippen LogP contribution in [0.5, 0.6) is 0 Å². The van der Waals surface area contributed by atoms with Crippen LogP contribution >= 0.6 is 0 Å². The van der Waals surface area contributed by atoms with Crippen molar-refractivity contribution in [3.05, 3.63) is 0 Å². The number of hydrogen-bond acceptors (Lipinski definition) is 5. The fourth-order valence-corrected chi connectivity index (χ4v) is 3.80. The number of nitrogens with zero attached hydrogens (tertiary/aromatic N) is 2. The van der Waals surface area contributed by atoms with Crippen LogP contribution in [0.3, 0.4) is 0 Å². The molecular weight excluding hydrogens is 290 g/mol. The van der Waals surface area contributed by atoms with Gasteiger partial charge in [0.05, 0.1) is 30.1 Å². The van der Waals surface area contributed by atoms with Crippen molar-refractivity contribution >= 4 is 0 Å². The second-order valence-corrected chi connectivity index (χ2v) is 7.73. The Morgan fingerprint density at radius 1 is 0.957 bits per heavy atom. The smallest absolute Gasteiger partial charge is 0.0704 e. The standard InChI is InChI=1S/C18H37N3O2/c1-6-16-12-21(13-17(7-2)23-16)18(5,19)8-9-20-10-14(3)22-15(4)11-20/h14-17H,6-13,19H2,1-5H3. The molecule has 0 aromatic rings. The van der Waals surface area contributed by atoms with Crippen molar-refractivity contribution in [2.24, 2.45) is 5.73 Å². The normalized spacial score (nSPS) is 36.8. The quantitative estimate of drug-likeness (QED) is 0.809. The maximum absolute atomic E-state index is 6.72. The lowest BCUT2D eigenvalue weighted by atomic mass is 10.0. The average Bonchev–Trinajstić information content (AvgIpc) is 2.51. The van der Waals surface area contributed by atoms with Crippen LogP contribution in [0.25, 0.3) is 0 Å². The van der Waals surface area contributed by atoms with E-state index in [0.29, 0.717) is 24.4 Å². The minimum atomic E-state index is -0.268. The summed E-state index contributed by atoms with van der Waals surface area (Å²) in [6.07, 6.45) is 4.38. The van der Waals surface area contributed by atoms with Crippen molar-refractivity contribution < 1.29 is 9.47 Å². The lowest BCUT2D eigenvalue weighted by Crippen LogP contribution is -2.62. The SMILES string of the molecule is CCC1CN(C(C)(N)CCN2CC(C)OC(C)C2)CC(CC)O1. The molecule has 0 amide bonds. The van der Waals surface area contributed by atoms with E-state index in [-0.39, 0.29) is 5.66 Å². The summed E-state index contributed by atoms with van der Waals surface area (Å²) >= 11 is 0. The summed E-state index contributed by atoms with van der Waals surface area (Å²) in [7, 11) is 0. The molecule has 0 radical (unpaired) electrons. The van der Waals surface area contributed by atoms with Gasteiger partial charge < -0.3 is 15.2 Å². The van der Waals surface area contributed by atoms with E-state index in [1.54, 1.807) is 0 Å². The highest BCUT2D eigenvalue weighted by molar-refractivity contribution is 4.88. The number of ether oxygens (including phenoxy) is 2. The summed E-state index contributed by atoms with van der Waals surface area (Å²) in [6.45, 7) is 15.9. The summed E-state index contributed by atoms with van der Waals surface area (Å²) in [5.41, 5.74) is 6.46. The lowest BCUT2D eigenvalue weighted by Gasteiger charge is -2.47. The molecule has 0 aliphatic carbocycles. The molecule has 2 heterocycles. The van der Waals surface area contributed by atoms with Gasteiger partial charge in [0.1, 0.15) is 0 Å². The van der Waals surface area contributed by atoms with Gasteiger partial charge in [-0.2, -0.15) is 0 Å². The topological polar surface area (TPSA) is 51.0 Å². The van der Waals surface area contributed by atoms with Crippen LogP contribution < -0.4 is 5.73 Å². The zero-order chi connectivity index (χ0) is 17.0. The van der Waals surface area contributed by atoms with Gasteiger partial charge in [-0.3, -0.25) is 9.80 Å². The van der Waals surface area contributed by atoms with Crippen LogP contribution in [0.4, 0.5) is 0 Å². The van der Waals surface area contributed by atoms with E-state index in [9.17, 15) is 0 Å². The van der Waals surface area contributed by atoms with E-state index in [1.807, 2.05) is 0 Å². The van der Waals surface area contributed by atoms with Gasteiger partial charge in [0.2, 0.25) is 0 Å². The van der Waals surface area contributed by atoms with E-state index in [4.69, 9.17) is 15.2 Å². The summed E-state index contributed by atoms with van der Waals surface area (Å²) < 4.78 is 11.9. The summed E-state index contributed by atoms with van der Waals surface area (Å²) in [5, 5.41) is 0. The highest BCUT2D eigenvalue weighted by Crippen LogP contribution is 2.24. The van der Waals surface area contributed by atoms with Crippen LogP contribution in [0.1, 0.15) is 53.9 Å². The highest BCUT2D eigenvalue weighted by atomic mass is 16.5. The monoisotopic (exact) mass is 327 g/mol. The van der Waals surface area contributed by atoms with Crippen LogP contribution in [0.15, 0.2) is 0 Å². The van der Waals surface area contributed by atoms with Crippen LogP contribution in [-0.4, -0.2) is 72.6 Å². The third kappa shape index (κ3) is 5.40. The molecule has 5 nitrogen and oxygen atoms in total. The van der Waals surface area contributed by atoms with Gasteiger partial charge in [-0.05, 0) is 40.0 Å². The van der Waals surface area contributed by atoms with E-state index < -0.39 is 0 Å². The molecule has 5 heteroatoms. The Hall–Kier alpha value is -0.200. The lowest BCUT2D eigenvalue weighted by molar-refractivity contribution is -0.118. The molecule has 0 aromatic heterocycles. The molecule has 5 atom stereocenters. The van der Waals surface area contributed by atoms with Gasteiger partial charge in [-0.15, -0.1) is 0 Å². The van der Waals surface area contributed by atoms with Gasteiger partial charge in [0, 0.05) is 32.7 Å². The molecule has 0 spiro atoms. The minimum absolute atomic E-state index is 0.268. The first kappa shape index (κ1) is 19.1. The Kier molecular flexibility index (Phi) is 6.87. The first-order chi connectivity index (χ1) is 10.8. The average molecular weight is 328 g/mol. The number of morpholine rings is 2. The maximum atomic E-state index is 6.72. The van der Waals surface area contributed by atoms with Crippen molar-refractivity contribution in [2.45, 2.75) is 84.0 Å². The fourth-order valence-electron chi connectivity index (χ4n) is 3.80. The molecule has 0 saturated carbocycles. The fraction of sp³-hybridized carbons (Fsp3) is 1.00. The third-order valence-electron chi connectivity index (χ3n) is 5.30. The molecule has 5 unspecified atom stereocenters. The van der Waals surface area contributed by atoms with Crippen LogP contribution in [-0.2, 0) is 9.47 Å². The Bertz CT molecular complexity index is 342. The minimum Gasteiger partial charge on any atom is -0.373 e. The molecule has 0 aromatic carbocycles. The molecule has 23 heavy (non-hydrogen) atoms.